The molecule has 0 saturated heterocycles. The van der Waals surface area contributed by atoms with Crippen molar-refractivity contribution in [1.29, 1.82) is 0 Å². The van der Waals surface area contributed by atoms with E-state index in [9.17, 15) is 0 Å². The zero-order valence-corrected chi connectivity index (χ0v) is 18.8. The van der Waals surface area contributed by atoms with Crippen LogP contribution in [0.25, 0.3) is 21.8 Å². The average molecular weight is 447 g/mol. The van der Waals surface area contributed by atoms with Crippen LogP contribution in [0.1, 0.15) is 11.1 Å². The molecule has 4 aromatic carbocycles. The van der Waals surface area contributed by atoms with Crippen molar-refractivity contribution in [3.05, 3.63) is 96.1 Å². The predicted molar refractivity (Wildman–Crippen MR) is 138 cm³/mol. The molecule has 0 atom stereocenters. The molecule has 0 radical (unpaired) electrons. The Labute approximate surface area is 197 Å². The number of aliphatic imine (C=N–C) groups is 2. The molecule has 0 spiro atoms. The fourth-order valence-corrected chi connectivity index (χ4v) is 3.71. The Kier molecular flexibility index (Phi) is 5.95. The van der Waals surface area contributed by atoms with Gasteiger partial charge in [0.25, 0.3) is 0 Å². The molecule has 5 rings (SSSR count). The van der Waals surface area contributed by atoms with E-state index in [0.717, 1.165) is 55.8 Å². The summed E-state index contributed by atoms with van der Waals surface area (Å²) < 4.78 is 10.4. The Morgan fingerprint density at radius 2 is 0.971 bits per heavy atom. The minimum atomic E-state index is 0.799. The molecule has 1 aromatic heterocycles. The molecule has 0 unspecified atom stereocenters. The summed E-state index contributed by atoms with van der Waals surface area (Å²) in [6.07, 6.45) is 3.64. The number of ether oxygens (including phenoxy) is 2. The van der Waals surface area contributed by atoms with E-state index in [0.29, 0.717) is 0 Å². The molecule has 6 nitrogen and oxygen atoms in total. The fraction of sp³-hybridized carbons (Fsp3) is 0.0714. The lowest BCUT2D eigenvalue weighted by Gasteiger charge is -2.06. The van der Waals surface area contributed by atoms with Gasteiger partial charge in [0.05, 0.1) is 25.6 Å². The second kappa shape index (κ2) is 9.50. The number of rotatable bonds is 6. The second-order valence-corrected chi connectivity index (χ2v) is 7.60. The first kappa shape index (κ1) is 21.3. The third-order valence-electron chi connectivity index (χ3n) is 5.52. The SMILES string of the molecule is COc1ccc(/N=C/c2cccc3c2nnc2c(/C=N/c4ccc(OC)cc4)cccc23)cc1. The van der Waals surface area contributed by atoms with Crippen molar-refractivity contribution in [2.45, 2.75) is 0 Å². The summed E-state index contributed by atoms with van der Waals surface area (Å²) in [7, 11) is 3.29. The van der Waals surface area contributed by atoms with Crippen molar-refractivity contribution in [2.24, 2.45) is 9.98 Å². The van der Waals surface area contributed by atoms with Crippen molar-refractivity contribution in [2.75, 3.05) is 14.2 Å². The minimum absolute atomic E-state index is 0.799. The van der Waals surface area contributed by atoms with Crippen LogP contribution in [0.2, 0.25) is 0 Å². The highest BCUT2D eigenvalue weighted by atomic mass is 16.5. The molecule has 0 amide bonds. The third kappa shape index (κ3) is 4.34. The lowest BCUT2D eigenvalue weighted by atomic mass is 10.0. The number of hydrogen-bond acceptors (Lipinski definition) is 6. The Bertz CT molecular complexity index is 1390. The zero-order valence-electron chi connectivity index (χ0n) is 18.8. The van der Waals surface area contributed by atoms with Crippen LogP contribution in [0, 0.1) is 0 Å². The lowest BCUT2D eigenvalue weighted by Crippen LogP contribution is -1.95. The zero-order chi connectivity index (χ0) is 23.3. The summed E-state index contributed by atoms with van der Waals surface area (Å²) in [5.74, 6) is 1.60. The first-order valence-electron chi connectivity index (χ1n) is 10.8. The highest BCUT2D eigenvalue weighted by Gasteiger charge is 2.09. The summed E-state index contributed by atoms with van der Waals surface area (Å²) in [6.45, 7) is 0. The first-order chi connectivity index (χ1) is 16.7. The van der Waals surface area contributed by atoms with Gasteiger partial charge in [-0.1, -0.05) is 36.4 Å². The molecule has 0 aliphatic rings. The van der Waals surface area contributed by atoms with Crippen LogP contribution >= 0.6 is 0 Å². The number of fused-ring (bicyclic) bond motifs is 3. The largest absolute Gasteiger partial charge is 0.497 e. The molecule has 0 aliphatic heterocycles. The van der Waals surface area contributed by atoms with Gasteiger partial charge in [0.15, 0.2) is 0 Å². The summed E-state index contributed by atoms with van der Waals surface area (Å²) >= 11 is 0. The van der Waals surface area contributed by atoms with E-state index in [1.807, 2.05) is 85.2 Å². The quantitative estimate of drug-likeness (QED) is 0.227. The van der Waals surface area contributed by atoms with Crippen LogP contribution in [0.4, 0.5) is 11.4 Å². The Morgan fingerprint density at radius 3 is 1.35 bits per heavy atom. The maximum Gasteiger partial charge on any atom is 0.119 e. The van der Waals surface area contributed by atoms with Gasteiger partial charge in [-0.05, 0) is 48.5 Å². The van der Waals surface area contributed by atoms with E-state index in [-0.39, 0.29) is 0 Å². The molecule has 5 aromatic rings. The molecule has 0 bridgehead atoms. The average Bonchev–Trinajstić information content (AvgIpc) is 2.91. The number of hydrogen-bond donors (Lipinski definition) is 0. The van der Waals surface area contributed by atoms with Crippen LogP contribution in [-0.4, -0.2) is 36.8 Å². The molecule has 0 fully saturated rings. The van der Waals surface area contributed by atoms with Gasteiger partial charge in [-0.3, -0.25) is 9.98 Å². The van der Waals surface area contributed by atoms with Crippen molar-refractivity contribution in [3.63, 3.8) is 0 Å². The molecular formula is C28H22N4O2. The Balaban J connectivity index is 1.50. The van der Waals surface area contributed by atoms with Gasteiger partial charge in [0.1, 0.15) is 22.5 Å². The second-order valence-electron chi connectivity index (χ2n) is 7.60. The summed E-state index contributed by atoms with van der Waals surface area (Å²) in [6, 6.07) is 27.3. The van der Waals surface area contributed by atoms with E-state index >= 15 is 0 Å². The Morgan fingerprint density at radius 1 is 0.559 bits per heavy atom. The number of aromatic nitrogens is 2. The molecule has 0 aliphatic carbocycles. The molecule has 0 saturated carbocycles. The van der Waals surface area contributed by atoms with Gasteiger partial charge in [-0.15, -0.1) is 10.2 Å². The highest BCUT2D eigenvalue weighted by Crippen LogP contribution is 2.26. The van der Waals surface area contributed by atoms with Gasteiger partial charge in [0, 0.05) is 34.3 Å². The standard InChI is InChI=1S/C28H22N4O2/c1-33-23-13-9-21(10-14-23)29-17-19-5-3-7-25-26-8-4-6-20(28(26)32-31-27(19)25)18-30-22-11-15-24(34-2)16-12-22/h3-18H,1-2H3/b29-17+,30-18+. The normalized spacial score (nSPS) is 11.6. The van der Waals surface area contributed by atoms with Gasteiger partial charge in [-0.2, -0.15) is 0 Å². The van der Waals surface area contributed by atoms with Crippen molar-refractivity contribution >= 4 is 45.6 Å². The van der Waals surface area contributed by atoms with E-state index in [1.165, 1.54) is 0 Å². The van der Waals surface area contributed by atoms with E-state index in [2.05, 4.69) is 32.3 Å². The molecule has 0 N–H and O–H groups in total. The van der Waals surface area contributed by atoms with E-state index < -0.39 is 0 Å². The van der Waals surface area contributed by atoms with Crippen molar-refractivity contribution in [3.8, 4) is 11.5 Å². The number of benzene rings is 4. The number of methoxy groups -OCH3 is 2. The van der Waals surface area contributed by atoms with Crippen LogP contribution in [0.5, 0.6) is 11.5 Å². The van der Waals surface area contributed by atoms with E-state index in [1.54, 1.807) is 14.2 Å². The third-order valence-corrected chi connectivity index (χ3v) is 5.52. The molecular weight excluding hydrogens is 424 g/mol. The summed E-state index contributed by atoms with van der Waals surface area (Å²) in [5, 5.41) is 11.1. The maximum absolute atomic E-state index is 5.21. The fourth-order valence-electron chi connectivity index (χ4n) is 3.71. The Hall–Kier alpha value is -4.58. The molecule has 34 heavy (non-hydrogen) atoms. The maximum atomic E-state index is 5.21. The smallest absolute Gasteiger partial charge is 0.119 e. The topological polar surface area (TPSA) is 69.0 Å². The molecule has 6 heteroatoms. The first-order valence-corrected chi connectivity index (χ1v) is 10.8. The van der Waals surface area contributed by atoms with Gasteiger partial charge >= 0.3 is 0 Å². The monoisotopic (exact) mass is 446 g/mol. The molecule has 166 valence electrons. The van der Waals surface area contributed by atoms with E-state index in [4.69, 9.17) is 9.47 Å². The lowest BCUT2D eigenvalue weighted by molar-refractivity contribution is 0.415. The molecule has 1 heterocycles. The van der Waals surface area contributed by atoms with Crippen LogP contribution in [0.3, 0.4) is 0 Å². The summed E-state index contributed by atoms with van der Waals surface area (Å²) in [4.78, 5) is 9.19. The van der Waals surface area contributed by atoms with Gasteiger partial charge in [0.2, 0.25) is 0 Å². The summed E-state index contributed by atoms with van der Waals surface area (Å²) in [5.41, 5.74) is 5.08. The highest BCUT2D eigenvalue weighted by molar-refractivity contribution is 6.12. The van der Waals surface area contributed by atoms with Crippen LogP contribution in [0.15, 0.2) is 94.9 Å². The number of nitrogens with zero attached hydrogens (tertiary/aromatic N) is 4. The van der Waals surface area contributed by atoms with Crippen LogP contribution in [-0.2, 0) is 0 Å². The van der Waals surface area contributed by atoms with Gasteiger partial charge in [-0.25, -0.2) is 0 Å². The minimum Gasteiger partial charge on any atom is -0.497 e. The van der Waals surface area contributed by atoms with Gasteiger partial charge < -0.3 is 9.47 Å². The predicted octanol–water partition coefficient (Wildman–Crippen LogP) is 6.30. The van der Waals surface area contributed by atoms with Crippen LogP contribution < -0.4 is 9.47 Å². The van der Waals surface area contributed by atoms with Crippen molar-refractivity contribution in [1.82, 2.24) is 10.2 Å². The van der Waals surface area contributed by atoms with Crippen molar-refractivity contribution < 1.29 is 9.47 Å².